The Labute approximate surface area is 179 Å². The zero-order chi connectivity index (χ0) is 22.5. The van der Waals surface area contributed by atoms with Crippen molar-refractivity contribution in [2.24, 2.45) is 0 Å². The molecule has 0 atom stereocenters. The van der Waals surface area contributed by atoms with Gasteiger partial charge in [0, 0.05) is 26.2 Å². The molecule has 1 aliphatic rings. The van der Waals surface area contributed by atoms with Crippen LogP contribution in [0.2, 0.25) is 0 Å². The first-order chi connectivity index (χ1) is 14.7. The number of benzene rings is 2. The molecular weight excluding hydrogens is 431 g/mol. The van der Waals surface area contributed by atoms with Gasteiger partial charge >= 0.3 is 12.2 Å². The maximum Gasteiger partial charge on any atom is 0.416 e. The number of halogens is 3. The highest BCUT2D eigenvalue weighted by Crippen LogP contribution is 2.29. The highest BCUT2D eigenvalue weighted by Gasteiger charge is 2.30. The van der Waals surface area contributed by atoms with Crippen molar-refractivity contribution in [2.75, 3.05) is 13.1 Å². The van der Waals surface area contributed by atoms with Crippen LogP contribution in [0.3, 0.4) is 0 Å². The summed E-state index contributed by atoms with van der Waals surface area (Å²) in [4.78, 5) is 12.3. The van der Waals surface area contributed by atoms with Crippen LogP contribution in [0.25, 0.3) is 0 Å². The van der Waals surface area contributed by atoms with Gasteiger partial charge < -0.3 is 10.6 Å². The monoisotopic (exact) mass is 455 g/mol. The topological polar surface area (TPSA) is 78.5 Å². The average Bonchev–Trinajstić information content (AvgIpc) is 2.76. The molecule has 1 saturated heterocycles. The molecule has 2 aromatic carbocycles. The Morgan fingerprint density at radius 1 is 0.903 bits per heavy atom. The Morgan fingerprint density at radius 2 is 1.52 bits per heavy atom. The average molecular weight is 456 g/mol. The SMILES string of the molecule is O=C(NCc1ccc(C(F)(F)F)cc1)NCc1ccccc1S(=O)(=O)N1CCCCC1. The van der Waals surface area contributed by atoms with Gasteiger partial charge in [0.05, 0.1) is 10.5 Å². The number of hydrogen-bond acceptors (Lipinski definition) is 3. The molecule has 0 bridgehead atoms. The van der Waals surface area contributed by atoms with Crippen LogP contribution in [0, 0.1) is 0 Å². The molecule has 31 heavy (non-hydrogen) atoms. The number of nitrogens with zero attached hydrogens (tertiary/aromatic N) is 1. The van der Waals surface area contributed by atoms with E-state index in [0.717, 1.165) is 31.4 Å². The fourth-order valence-corrected chi connectivity index (χ4v) is 5.12. The molecule has 1 heterocycles. The van der Waals surface area contributed by atoms with E-state index < -0.39 is 27.8 Å². The molecule has 168 valence electrons. The summed E-state index contributed by atoms with van der Waals surface area (Å²) in [7, 11) is -3.64. The van der Waals surface area contributed by atoms with Gasteiger partial charge in [-0.1, -0.05) is 36.8 Å². The van der Waals surface area contributed by atoms with Gasteiger partial charge in [0.2, 0.25) is 10.0 Å². The van der Waals surface area contributed by atoms with Gasteiger partial charge in [0.1, 0.15) is 0 Å². The summed E-state index contributed by atoms with van der Waals surface area (Å²) in [5.74, 6) is 0. The molecule has 0 aliphatic carbocycles. The van der Waals surface area contributed by atoms with Crippen molar-refractivity contribution in [3.05, 3.63) is 65.2 Å². The van der Waals surface area contributed by atoms with Crippen LogP contribution < -0.4 is 10.6 Å². The Bertz CT molecular complexity index is 1000. The van der Waals surface area contributed by atoms with Crippen LogP contribution in [0.5, 0.6) is 0 Å². The third-order valence-corrected chi connectivity index (χ3v) is 7.08. The van der Waals surface area contributed by atoms with Gasteiger partial charge in [-0.05, 0) is 42.2 Å². The van der Waals surface area contributed by atoms with E-state index in [1.807, 2.05) is 0 Å². The Hall–Kier alpha value is -2.59. The number of alkyl halides is 3. The molecule has 1 fully saturated rings. The lowest BCUT2D eigenvalue weighted by Crippen LogP contribution is -2.37. The molecule has 0 spiro atoms. The van der Waals surface area contributed by atoms with Crippen LogP contribution in [0.15, 0.2) is 53.4 Å². The van der Waals surface area contributed by atoms with E-state index in [4.69, 9.17) is 0 Å². The van der Waals surface area contributed by atoms with E-state index in [1.165, 1.54) is 22.5 Å². The van der Waals surface area contributed by atoms with Crippen LogP contribution in [-0.4, -0.2) is 31.8 Å². The number of piperidine rings is 1. The lowest BCUT2D eigenvalue weighted by molar-refractivity contribution is -0.137. The predicted octanol–water partition coefficient (Wildman–Crippen LogP) is 3.88. The van der Waals surface area contributed by atoms with Gasteiger partial charge in [-0.3, -0.25) is 0 Å². The second-order valence-corrected chi connectivity index (χ2v) is 9.21. The van der Waals surface area contributed by atoms with E-state index >= 15 is 0 Å². The summed E-state index contributed by atoms with van der Waals surface area (Å²) in [5.41, 5.74) is 0.223. The predicted molar refractivity (Wildman–Crippen MR) is 110 cm³/mol. The molecule has 0 unspecified atom stereocenters. The third-order valence-electron chi connectivity index (χ3n) is 5.08. The Balaban J connectivity index is 1.58. The zero-order valence-electron chi connectivity index (χ0n) is 16.8. The molecule has 10 heteroatoms. The Morgan fingerprint density at radius 3 is 2.16 bits per heavy atom. The zero-order valence-corrected chi connectivity index (χ0v) is 17.6. The first kappa shape index (κ1) is 23.1. The van der Waals surface area contributed by atoms with Gasteiger partial charge in [-0.2, -0.15) is 17.5 Å². The van der Waals surface area contributed by atoms with E-state index in [0.29, 0.717) is 24.2 Å². The smallest absolute Gasteiger partial charge is 0.334 e. The van der Waals surface area contributed by atoms with Gasteiger partial charge in [0.15, 0.2) is 0 Å². The van der Waals surface area contributed by atoms with Crippen molar-refractivity contribution in [2.45, 2.75) is 43.4 Å². The summed E-state index contributed by atoms with van der Waals surface area (Å²) in [6.07, 6.45) is -1.75. The second-order valence-electron chi connectivity index (χ2n) is 7.30. The number of rotatable bonds is 6. The molecule has 0 radical (unpaired) electrons. The molecule has 3 rings (SSSR count). The highest BCUT2D eigenvalue weighted by atomic mass is 32.2. The molecule has 2 amide bonds. The standard InChI is InChI=1S/C21H24F3N3O3S/c22-21(23,24)18-10-8-16(9-11-18)14-25-20(28)26-15-17-6-2-3-7-19(17)31(29,30)27-12-4-1-5-13-27/h2-3,6-11H,1,4-5,12-15H2,(H2,25,26,28). The normalized spacial score (nSPS) is 15.5. The number of hydrogen-bond donors (Lipinski definition) is 2. The van der Waals surface area contributed by atoms with Crippen molar-refractivity contribution in [1.82, 2.24) is 14.9 Å². The molecule has 0 aromatic heterocycles. The van der Waals surface area contributed by atoms with Gasteiger partial charge in [-0.15, -0.1) is 0 Å². The largest absolute Gasteiger partial charge is 0.416 e. The Kier molecular flexibility index (Phi) is 7.22. The lowest BCUT2D eigenvalue weighted by atomic mass is 10.1. The number of urea groups is 1. The first-order valence-electron chi connectivity index (χ1n) is 9.94. The third kappa shape index (κ3) is 5.98. The highest BCUT2D eigenvalue weighted by molar-refractivity contribution is 7.89. The fraction of sp³-hybridized carbons (Fsp3) is 0.381. The summed E-state index contributed by atoms with van der Waals surface area (Å²) in [6.45, 7) is 1.01. The number of carbonyl (C=O) groups excluding carboxylic acids is 1. The van der Waals surface area contributed by atoms with Crippen LogP contribution in [0.4, 0.5) is 18.0 Å². The van der Waals surface area contributed by atoms with Gasteiger partial charge in [0.25, 0.3) is 0 Å². The van der Waals surface area contributed by atoms with Crippen molar-refractivity contribution < 1.29 is 26.4 Å². The van der Waals surface area contributed by atoms with E-state index in [2.05, 4.69) is 10.6 Å². The molecule has 2 aromatic rings. The van der Waals surface area contributed by atoms with E-state index in [9.17, 15) is 26.4 Å². The summed E-state index contributed by atoms with van der Waals surface area (Å²) < 4.78 is 65.2. The molecule has 1 aliphatic heterocycles. The maximum atomic E-state index is 13.0. The summed E-state index contributed by atoms with van der Waals surface area (Å²) in [5, 5.41) is 5.17. The molecular formula is C21H24F3N3O3S. The van der Waals surface area contributed by atoms with Gasteiger partial charge in [-0.25, -0.2) is 13.2 Å². The van der Waals surface area contributed by atoms with Crippen LogP contribution >= 0.6 is 0 Å². The fourth-order valence-electron chi connectivity index (χ4n) is 3.38. The number of amides is 2. The minimum absolute atomic E-state index is 0.00207. The van der Waals surface area contributed by atoms with Crippen molar-refractivity contribution >= 4 is 16.1 Å². The van der Waals surface area contributed by atoms with Crippen molar-refractivity contribution in [1.29, 1.82) is 0 Å². The van der Waals surface area contributed by atoms with Crippen LogP contribution in [-0.2, 0) is 29.3 Å². The maximum absolute atomic E-state index is 13.0. The first-order valence-corrected chi connectivity index (χ1v) is 11.4. The number of carbonyl (C=O) groups is 1. The molecule has 0 saturated carbocycles. The molecule has 2 N–H and O–H groups in total. The number of nitrogens with one attached hydrogen (secondary N) is 2. The van der Waals surface area contributed by atoms with E-state index in [-0.39, 0.29) is 18.0 Å². The minimum Gasteiger partial charge on any atom is -0.334 e. The molecule has 6 nitrogen and oxygen atoms in total. The van der Waals surface area contributed by atoms with E-state index in [1.54, 1.807) is 18.2 Å². The quantitative estimate of drug-likeness (QED) is 0.694. The lowest BCUT2D eigenvalue weighted by Gasteiger charge is -2.26. The van der Waals surface area contributed by atoms with Crippen molar-refractivity contribution in [3.63, 3.8) is 0 Å². The minimum atomic E-state index is -4.41. The summed E-state index contributed by atoms with van der Waals surface area (Å²) >= 11 is 0. The summed E-state index contributed by atoms with van der Waals surface area (Å²) in [6, 6.07) is 10.5. The van der Waals surface area contributed by atoms with Crippen LogP contribution in [0.1, 0.15) is 36.0 Å². The van der Waals surface area contributed by atoms with Crippen molar-refractivity contribution in [3.8, 4) is 0 Å². The number of sulfonamides is 1. The second kappa shape index (κ2) is 9.69.